The predicted molar refractivity (Wildman–Crippen MR) is 123 cm³/mol. The molecule has 1 saturated heterocycles. The van der Waals surface area contributed by atoms with E-state index in [9.17, 15) is 14.7 Å². The lowest BCUT2D eigenvalue weighted by Crippen LogP contribution is -2.29. The van der Waals surface area contributed by atoms with Crippen molar-refractivity contribution in [2.75, 3.05) is 0 Å². The molecule has 4 heterocycles. The highest BCUT2D eigenvalue weighted by Gasteiger charge is 2.46. The Balaban J connectivity index is 1.72. The lowest BCUT2D eigenvalue weighted by molar-refractivity contribution is -0.140. The maximum absolute atomic E-state index is 13.3. The van der Waals surface area contributed by atoms with E-state index in [0.29, 0.717) is 17.0 Å². The fraction of sp³-hybridized carbons (Fsp3) is 0.154. The second-order valence-corrected chi connectivity index (χ2v) is 8.17. The van der Waals surface area contributed by atoms with Gasteiger partial charge in [-0.25, -0.2) is 4.98 Å². The summed E-state index contributed by atoms with van der Waals surface area (Å²) in [7, 11) is 0. The van der Waals surface area contributed by atoms with Gasteiger partial charge in [0.2, 0.25) is 0 Å². The van der Waals surface area contributed by atoms with Gasteiger partial charge in [-0.05, 0) is 43.2 Å². The number of pyridine rings is 2. The van der Waals surface area contributed by atoms with Crippen LogP contribution in [0.5, 0.6) is 0 Å². The largest absolute Gasteiger partial charge is 0.505 e. The van der Waals surface area contributed by atoms with Crippen LogP contribution in [0.2, 0.25) is 0 Å². The minimum atomic E-state index is -0.737. The number of aryl methyl sites for hydroxylation is 2. The van der Waals surface area contributed by atoms with E-state index in [4.69, 9.17) is 0 Å². The van der Waals surface area contributed by atoms with Crippen molar-refractivity contribution >= 4 is 23.1 Å². The minimum Gasteiger partial charge on any atom is -0.505 e. The zero-order valence-corrected chi connectivity index (χ0v) is 18.3. The van der Waals surface area contributed by atoms with Crippen molar-refractivity contribution in [1.29, 1.82) is 0 Å². The number of carbonyl (C=O) groups is 2. The summed E-state index contributed by atoms with van der Waals surface area (Å²) in [6.45, 7) is 3.94. The third kappa shape index (κ3) is 3.47. The van der Waals surface area contributed by atoms with Gasteiger partial charge >= 0.3 is 0 Å². The first-order valence-electron chi connectivity index (χ1n) is 10.6. The first-order valence-corrected chi connectivity index (χ1v) is 10.6. The standard InChI is InChI=1S/C26H22N4O3/c1-16-8-10-19(11-9-16)23-21(24(31)22-17(2)28-20-7-3-4-13-29(20)22)25(32)26(33)30(23)15-18-6-5-12-27-14-18/h3-14,23,31H,15H2,1-2H3/b24-21+. The summed E-state index contributed by atoms with van der Waals surface area (Å²) in [6, 6.07) is 16.0. The van der Waals surface area contributed by atoms with Gasteiger partial charge in [0.25, 0.3) is 11.7 Å². The van der Waals surface area contributed by atoms with E-state index in [0.717, 1.165) is 16.7 Å². The van der Waals surface area contributed by atoms with Crippen molar-refractivity contribution in [3.05, 3.63) is 107 Å². The molecule has 1 unspecified atom stereocenters. The number of benzene rings is 1. The molecular formula is C26H22N4O3. The molecule has 164 valence electrons. The Morgan fingerprint density at radius 2 is 1.82 bits per heavy atom. The quantitative estimate of drug-likeness (QED) is 0.296. The van der Waals surface area contributed by atoms with Crippen molar-refractivity contribution in [1.82, 2.24) is 19.3 Å². The van der Waals surface area contributed by atoms with Crippen LogP contribution in [-0.2, 0) is 16.1 Å². The second kappa shape index (κ2) is 8.02. The summed E-state index contributed by atoms with van der Waals surface area (Å²) in [5.74, 6) is -1.60. The Morgan fingerprint density at radius 3 is 2.55 bits per heavy atom. The molecule has 1 amide bonds. The molecule has 0 aliphatic carbocycles. The van der Waals surface area contributed by atoms with Crippen LogP contribution in [0.1, 0.15) is 34.1 Å². The number of fused-ring (bicyclic) bond motifs is 1. The number of rotatable bonds is 4. The van der Waals surface area contributed by atoms with Crippen LogP contribution in [0.15, 0.2) is 78.8 Å². The summed E-state index contributed by atoms with van der Waals surface area (Å²) < 4.78 is 1.73. The maximum atomic E-state index is 13.3. The molecule has 1 N–H and O–H groups in total. The molecular weight excluding hydrogens is 416 g/mol. The number of hydrogen-bond acceptors (Lipinski definition) is 5. The molecule has 5 rings (SSSR count). The molecule has 4 aromatic rings. The van der Waals surface area contributed by atoms with Crippen LogP contribution in [0.3, 0.4) is 0 Å². The summed E-state index contributed by atoms with van der Waals surface area (Å²) in [6.07, 6.45) is 5.10. The maximum Gasteiger partial charge on any atom is 0.295 e. The number of aromatic nitrogens is 3. The number of Topliss-reactive ketones (excluding diaryl/α,β-unsaturated/α-hetero) is 1. The molecule has 1 atom stereocenters. The molecule has 0 bridgehead atoms. The Bertz CT molecular complexity index is 1400. The normalized spacial score (nSPS) is 17.8. The summed E-state index contributed by atoms with van der Waals surface area (Å²) >= 11 is 0. The zero-order valence-electron chi connectivity index (χ0n) is 18.3. The van der Waals surface area contributed by atoms with Crippen molar-refractivity contribution < 1.29 is 14.7 Å². The highest BCUT2D eigenvalue weighted by Crippen LogP contribution is 2.40. The number of imidazole rings is 1. The number of carbonyl (C=O) groups excluding carboxylic acids is 2. The molecule has 0 spiro atoms. The lowest BCUT2D eigenvalue weighted by Gasteiger charge is -2.25. The molecule has 3 aromatic heterocycles. The van der Waals surface area contributed by atoms with E-state index in [-0.39, 0.29) is 17.9 Å². The van der Waals surface area contributed by atoms with E-state index in [2.05, 4.69) is 9.97 Å². The van der Waals surface area contributed by atoms with Crippen molar-refractivity contribution in [2.45, 2.75) is 26.4 Å². The van der Waals surface area contributed by atoms with Crippen LogP contribution in [0.4, 0.5) is 0 Å². The molecule has 7 nitrogen and oxygen atoms in total. The SMILES string of the molecule is Cc1ccc(C2/C(=C(\O)c3c(C)nc4ccccn34)C(=O)C(=O)N2Cc2cccnc2)cc1. The molecule has 7 heteroatoms. The number of aliphatic hydroxyl groups is 1. The number of amides is 1. The van der Waals surface area contributed by atoms with Gasteiger partial charge < -0.3 is 10.0 Å². The summed E-state index contributed by atoms with van der Waals surface area (Å²) in [4.78, 5) is 36.6. The van der Waals surface area contributed by atoms with Gasteiger partial charge in [-0.15, -0.1) is 0 Å². The van der Waals surface area contributed by atoms with Crippen LogP contribution >= 0.6 is 0 Å². The average molecular weight is 438 g/mol. The highest BCUT2D eigenvalue weighted by atomic mass is 16.3. The third-order valence-corrected chi connectivity index (χ3v) is 5.94. The van der Waals surface area contributed by atoms with E-state index < -0.39 is 17.7 Å². The first-order chi connectivity index (χ1) is 16.0. The molecule has 0 radical (unpaired) electrons. The summed E-state index contributed by atoms with van der Waals surface area (Å²) in [5.41, 5.74) is 4.27. The van der Waals surface area contributed by atoms with Crippen molar-refractivity contribution in [2.24, 2.45) is 0 Å². The van der Waals surface area contributed by atoms with Gasteiger partial charge in [0.05, 0.1) is 17.3 Å². The lowest BCUT2D eigenvalue weighted by atomic mass is 9.95. The van der Waals surface area contributed by atoms with Gasteiger partial charge in [0.1, 0.15) is 11.3 Å². The number of likely N-dealkylation sites (tertiary alicyclic amines) is 1. The molecule has 1 fully saturated rings. The van der Waals surface area contributed by atoms with Crippen LogP contribution in [0.25, 0.3) is 11.4 Å². The minimum absolute atomic E-state index is 0.0569. The van der Waals surface area contributed by atoms with E-state index >= 15 is 0 Å². The van der Waals surface area contributed by atoms with E-state index in [1.165, 1.54) is 4.90 Å². The van der Waals surface area contributed by atoms with Gasteiger partial charge in [-0.3, -0.25) is 19.0 Å². The zero-order chi connectivity index (χ0) is 23.1. The van der Waals surface area contributed by atoms with E-state index in [1.54, 1.807) is 36.0 Å². The molecule has 1 aliphatic heterocycles. The number of ketones is 1. The van der Waals surface area contributed by atoms with Gasteiger partial charge in [-0.2, -0.15) is 0 Å². The number of aliphatic hydroxyl groups excluding tert-OH is 1. The number of hydrogen-bond donors (Lipinski definition) is 1. The van der Waals surface area contributed by atoms with Crippen LogP contribution < -0.4 is 0 Å². The topological polar surface area (TPSA) is 87.8 Å². The van der Waals surface area contributed by atoms with Crippen molar-refractivity contribution in [3.63, 3.8) is 0 Å². The van der Waals surface area contributed by atoms with Gasteiger partial charge in [-0.1, -0.05) is 42.0 Å². The Hall–Kier alpha value is -4.26. The van der Waals surface area contributed by atoms with Crippen LogP contribution in [0, 0.1) is 13.8 Å². The first kappa shape index (κ1) is 20.6. The molecule has 1 aliphatic rings. The Labute approximate surface area is 190 Å². The highest BCUT2D eigenvalue weighted by molar-refractivity contribution is 6.46. The van der Waals surface area contributed by atoms with Crippen molar-refractivity contribution in [3.8, 4) is 0 Å². The molecule has 1 aromatic carbocycles. The van der Waals surface area contributed by atoms with Crippen LogP contribution in [-0.4, -0.2) is 36.1 Å². The number of nitrogens with zero attached hydrogens (tertiary/aromatic N) is 4. The fourth-order valence-electron chi connectivity index (χ4n) is 4.35. The van der Waals surface area contributed by atoms with E-state index in [1.807, 2.05) is 55.5 Å². The molecule has 0 saturated carbocycles. The average Bonchev–Trinajstić information content (AvgIpc) is 3.28. The Kier molecular flexibility index (Phi) is 5.01. The smallest absolute Gasteiger partial charge is 0.295 e. The predicted octanol–water partition coefficient (Wildman–Crippen LogP) is 3.97. The monoisotopic (exact) mass is 438 g/mol. The fourth-order valence-corrected chi connectivity index (χ4v) is 4.35. The Morgan fingerprint density at radius 1 is 1.03 bits per heavy atom. The second-order valence-electron chi connectivity index (χ2n) is 8.17. The van der Waals surface area contributed by atoms with Gasteiger partial charge in [0.15, 0.2) is 5.76 Å². The third-order valence-electron chi connectivity index (χ3n) is 5.94. The van der Waals surface area contributed by atoms with Gasteiger partial charge in [0, 0.05) is 25.1 Å². The summed E-state index contributed by atoms with van der Waals surface area (Å²) in [5, 5.41) is 11.5. The molecule has 33 heavy (non-hydrogen) atoms.